The Morgan fingerprint density at radius 2 is 1.89 bits per heavy atom. The summed E-state index contributed by atoms with van der Waals surface area (Å²) in [6.07, 6.45) is 0. The van der Waals surface area contributed by atoms with Crippen LogP contribution in [-0.4, -0.2) is 33.8 Å². The van der Waals surface area contributed by atoms with Crippen LogP contribution in [0.25, 0.3) is 27.3 Å². The van der Waals surface area contributed by atoms with Gasteiger partial charge in [0.1, 0.15) is 5.75 Å². The molecule has 8 heteroatoms. The molecule has 1 N–H and O–H groups in total. The van der Waals surface area contributed by atoms with Gasteiger partial charge in [0.25, 0.3) is 5.56 Å². The van der Waals surface area contributed by atoms with E-state index in [0.717, 1.165) is 38.1 Å². The van der Waals surface area contributed by atoms with Crippen molar-refractivity contribution in [3.8, 4) is 27.4 Å². The SMILES string of the molecule is COCc1[nH]n2c(=O)cc(-c3sc(C)nc3C)nc2c1-c1ccc(OC)cc1. The average molecular weight is 396 g/mol. The number of ether oxygens (including phenoxy) is 2. The minimum absolute atomic E-state index is 0.178. The van der Waals surface area contributed by atoms with Crippen molar-refractivity contribution in [3.63, 3.8) is 0 Å². The van der Waals surface area contributed by atoms with Gasteiger partial charge in [0, 0.05) is 18.7 Å². The fourth-order valence-corrected chi connectivity index (χ4v) is 4.16. The molecule has 0 saturated heterocycles. The van der Waals surface area contributed by atoms with Gasteiger partial charge >= 0.3 is 0 Å². The minimum Gasteiger partial charge on any atom is -0.497 e. The van der Waals surface area contributed by atoms with E-state index in [-0.39, 0.29) is 5.56 Å². The number of hydrogen-bond acceptors (Lipinski definition) is 6. The van der Waals surface area contributed by atoms with E-state index in [1.165, 1.54) is 21.9 Å². The highest BCUT2D eigenvalue weighted by molar-refractivity contribution is 7.15. The first-order valence-corrected chi connectivity index (χ1v) is 9.56. The van der Waals surface area contributed by atoms with Crippen LogP contribution < -0.4 is 10.3 Å². The molecule has 1 aromatic carbocycles. The third-order valence-electron chi connectivity index (χ3n) is 4.49. The van der Waals surface area contributed by atoms with Crippen LogP contribution in [0, 0.1) is 13.8 Å². The van der Waals surface area contributed by atoms with Gasteiger partial charge in [-0.25, -0.2) is 14.5 Å². The maximum absolute atomic E-state index is 12.8. The first-order chi connectivity index (χ1) is 13.5. The molecule has 28 heavy (non-hydrogen) atoms. The van der Waals surface area contributed by atoms with Crippen molar-refractivity contribution < 1.29 is 9.47 Å². The van der Waals surface area contributed by atoms with Crippen LogP contribution in [0.5, 0.6) is 5.75 Å². The van der Waals surface area contributed by atoms with E-state index < -0.39 is 0 Å². The summed E-state index contributed by atoms with van der Waals surface area (Å²) in [5.74, 6) is 0.762. The zero-order valence-corrected chi connectivity index (χ0v) is 16.9. The molecule has 4 rings (SSSR count). The lowest BCUT2D eigenvalue weighted by Gasteiger charge is -2.05. The predicted octanol–water partition coefficient (Wildman–Crippen LogP) is 3.58. The lowest BCUT2D eigenvalue weighted by molar-refractivity contribution is 0.181. The van der Waals surface area contributed by atoms with Crippen LogP contribution in [0.2, 0.25) is 0 Å². The van der Waals surface area contributed by atoms with E-state index in [9.17, 15) is 4.79 Å². The zero-order chi connectivity index (χ0) is 19.8. The molecule has 0 aliphatic carbocycles. The van der Waals surface area contributed by atoms with Crippen LogP contribution in [0.4, 0.5) is 0 Å². The Balaban J connectivity index is 1.99. The largest absolute Gasteiger partial charge is 0.497 e. The molecule has 0 atom stereocenters. The number of aryl methyl sites for hydroxylation is 2. The fourth-order valence-electron chi connectivity index (χ4n) is 3.28. The van der Waals surface area contributed by atoms with Gasteiger partial charge in [0.2, 0.25) is 0 Å². The third-order valence-corrected chi connectivity index (χ3v) is 5.59. The molecule has 144 valence electrons. The quantitative estimate of drug-likeness (QED) is 0.558. The fraction of sp³-hybridized carbons (Fsp3) is 0.250. The van der Waals surface area contributed by atoms with Gasteiger partial charge in [0.15, 0.2) is 5.65 Å². The minimum atomic E-state index is -0.178. The Labute approximate surface area is 165 Å². The maximum atomic E-state index is 12.8. The monoisotopic (exact) mass is 396 g/mol. The summed E-state index contributed by atoms with van der Waals surface area (Å²) in [6.45, 7) is 4.21. The van der Waals surface area contributed by atoms with Crippen molar-refractivity contribution in [2.24, 2.45) is 0 Å². The molecule has 4 aromatic rings. The number of aromatic amines is 1. The summed E-state index contributed by atoms with van der Waals surface area (Å²) < 4.78 is 12.0. The van der Waals surface area contributed by atoms with Gasteiger partial charge in [-0.05, 0) is 31.5 Å². The molecule has 0 spiro atoms. The lowest BCUT2D eigenvalue weighted by atomic mass is 10.1. The second-order valence-corrected chi connectivity index (χ2v) is 7.62. The lowest BCUT2D eigenvalue weighted by Crippen LogP contribution is -2.14. The first-order valence-electron chi connectivity index (χ1n) is 8.74. The highest BCUT2D eigenvalue weighted by Crippen LogP contribution is 2.32. The molecule has 7 nitrogen and oxygen atoms in total. The Morgan fingerprint density at radius 3 is 2.50 bits per heavy atom. The number of hydrogen-bond donors (Lipinski definition) is 1. The van der Waals surface area contributed by atoms with Gasteiger partial charge in [-0.2, -0.15) is 0 Å². The molecule has 3 heterocycles. The van der Waals surface area contributed by atoms with Crippen molar-refractivity contribution in [3.05, 3.63) is 57.1 Å². The van der Waals surface area contributed by atoms with Crippen molar-refractivity contribution in [1.29, 1.82) is 0 Å². The summed E-state index contributed by atoms with van der Waals surface area (Å²) in [6, 6.07) is 9.20. The number of aromatic nitrogens is 4. The topological polar surface area (TPSA) is 81.5 Å². The highest BCUT2D eigenvalue weighted by Gasteiger charge is 2.19. The molecule has 0 aliphatic heterocycles. The van der Waals surface area contributed by atoms with Gasteiger partial charge in [0.05, 0.1) is 40.7 Å². The van der Waals surface area contributed by atoms with E-state index in [1.54, 1.807) is 14.2 Å². The zero-order valence-electron chi connectivity index (χ0n) is 16.1. The van der Waals surface area contributed by atoms with Gasteiger partial charge in [-0.3, -0.25) is 9.89 Å². The number of methoxy groups -OCH3 is 2. The van der Waals surface area contributed by atoms with Crippen LogP contribution in [0.15, 0.2) is 35.1 Å². The highest BCUT2D eigenvalue weighted by atomic mass is 32.1. The van der Waals surface area contributed by atoms with E-state index in [4.69, 9.17) is 14.5 Å². The number of thiazole rings is 1. The Kier molecular flexibility index (Phi) is 4.74. The van der Waals surface area contributed by atoms with Crippen LogP contribution in [-0.2, 0) is 11.3 Å². The molecule has 3 aromatic heterocycles. The Morgan fingerprint density at radius 1 is 1.14 bits per heavy atom. The van der Waals surface area contributed by atoms with Crippen LogP contribution >= 0.6 is 11.3 Å². The van der Waals surface area contributed by atoms with E-state index >= 15 is 0 Å². The maximum Gasteiger partial charge on any atom is 0.273 e. The molecule has 0 radical (unpaired) electrons. The number of benzene rings is 1. The Hall–Kier alpha value is -2.97. The van der Waals surface area contributed by atoms with Crippen molar-refractivity contribution in [2.75, 3.05) is 14.2 Å². The summed E-state index contributed by atoms with van der Waals surface area (Å²) in [4.78, 5) is 23.0. The smallest absolute Gasteiger partial charge is 0.273 e. The molecular weight excluding hydrogens is 376 g/mol. The van der Waals surface area contributed by atoms with Crippen molar-refractivity contribution >= 4 is 17.0 Å². The summed E-state index contributed by atoms with van der Waals surface area (Å²) in [5, 5.41) is 4.08. The molecule has 0 amide bonds. The predicted molar refractivity (Wildman–Crippen MR) is 109 cm³/mol. The number of rotatable bonds is 5. The van der Waals surface area contributed by atoms with E-state index in [2.05, 4.69) is 10.1 Å². The second kappa shape index (κ2) is 7.21. The Bertz CT molecular complexity index is 1200. The molecule has 0 saturated carbocycles. The molecular formula is C20H20N4O3S. The number of H-pyrrole nitrogens is 1. The normalized spacial score (nSPS) is 11.3. The second-order valence-electron chi connectivity index (χ2n) is 6.41. The van der Waals surface area contributed by atoms with Gasteiger partial charge in [-0.15, -0.1) is 11.3 Å². The number of nitrogens with one attached hydrogen (secondary N) is 1. The van der Waals surface area contributed by atoms with Gasteiger partial charge < -0.3 is 9.47 Å². The molecule has 0 aliphatic rings. The van der Waals surface area contributed by atoms with Crippen molar-refractivity contribution in [1.82, 2.24) is 19.6 Å². The first kappa shape index (κ1) is 18.4. The molecule has 0 bridgehead atoms. The summed E-state index contributed by atoms with van der Waals surface area (Å²) >= 11 is 1.54. The summed E-state index contributed by atoms with van der Waals surface area (Å²) in [7, 11) is 3.25. The van der Waals surface area contributed by atoms with Gasteiger partial charge in [-0.1, -0.05) is 12.1 Å². The number of fused-ring (bicyclic) bond motifs is 1. The standard InChI is InChI=1S/C20H20N4O3S/c1-11-19(28-12(2)21-11)15-9-17(25)24-20(22-15)18(16(23-24)10-26-3)13-5-7-14(27-4)8-6-13/h5-9,23H,10H2,1-4H3. The van der Waals surface area contributed by atoms with E-state index in [1.807, 2.05) is 38.1 Å². The van der Waals surface area contributed by atoms with Crippen molar-refractivity contribution in [2.45, 2.75) is 20.5 Å². The number of nitrogens with zero attached hydrogens (tertiary/aromatic N) is 3. The van der Waals surface area contributed by atoms with Crippen LogP contribution in [0.1, 0.15) is 16.4 Å². The third kappa shape index (κ3) is 3.10. The van der Waals surface area contributed by atoms with Crippen LogP contribution in [0.3, 0.4) is 0 Å². The molecule has 0 fully saturated rings. The molecule has 0 unspecified atom stereocenters. The van der Waals surface area contributed by atoms with E-state index in [0.29, 0.717) is 17.9 Å². The summed E-state index contributed by atoms with van der Waals surface area (Å²) in [5.41, 5.74) is 4.43. The average Bonchev–Trinajstić information content (AvgIpc) is 3.21.